The van der Waals surface area contributed by atoms with Crippen LogP contribution in [0.15, 0.2) is 42.5 Å². The molecule has 0 fully saturated rings. The second-order valence-electron chi connectivity index (χ2n) is 4.59. The summed E-state index contributed by atoms with van der Waals surface area (Å²) in [5.41, 5.74) is 0.586. The van der Waals surface area contributed by atoms with Crippen molar-refractivity contribution in [3.8, 4) is 11.5 Å². The first-order chi connectivity index (χ1) is 9.76. The largest absolute Gasteiger partial charge is 0.497 e. The van der Waals surface area contributed by atoms with Gasteiger partial charge in [0.15, 0.2) is 6.29 Å². The molecule has 0 aliphatic rings. The number of benzene rings is 3. The minimum absolute atomic E-state index is 0.586. The van der Waals surface area contributed by atoms with Gasteiger partial charge in [-0.05, 0) is 51.9 Å². The second kappa shape index (κ2) is 4.85. The Morgan fingerprint density at radius 1 is 0.850 bits per heavy atom. The lowest BCUT2D eigenvalue weighted by Gasteiger charge is -2.09. The van der Waals surface area contributed by atoms with E-state index < -0.39 is 0 Å². The molecule has 0 bridgehead atoms. The first-order valence-corrected chi connectivity index (χ1v) is 6.30. The highest BCUT2D eigenvalue weighted by Gasteiger charge is 2.09. The van der Waals surface area contributed by atoms with E-state index in [1.165, 1.54) is 0 Å². The van der Waals surface area contributed by atoms with Gasteiger partial charge in [-0.25, -0.2) is 0 Å². The molecule has 3 nitrogen and oxygen atoms in total. The summed E-state index contributed by atoms with van der Waals surface area (Å²) in [6, 6.07) is 13.7. The summed E-state index contributed by atoms with van der Waals surface area (Å²) in [6.45, 7) is 0. The molecule has 0 aliphatic heterocycles. The van der Waals surface area contributed by atoms with Crippen LogP contribution in [0.1, 0.15) is 10.4 Å². The van der Waals surface area contributed by atoms with Gasteiger partial charge in [0.05, 0.1) is 19.8 Å². The van der Waals surface area contributed by atoms with Gasteiger partial charge in [0.2, 0.25) is 0 Å². The highest BCUT2D eigenvalue weighted by atomic mass is 16.5. The van der Waals surface area contributed by atoms with Crippen LogP contribution < -0.4 is 9.47 Å². The molecule has 0 amide bonds. The number of hydrogen-bond acceptors (Lipinski definition) is 3. The summed E-state index contributed by atoms with van der Waals surface area (Å²) in [5, 5.41) is 4.05. The smallest absolute Gasteiger partial charge is 0.154 e. The van der Waals surface area contributed by atoms with E-state index in [0.717, 1.165) is 33.6 Å². The van der Waals surface area contributed by atoms with Gasteiger partial charge in [0, 0.05) is 0 Å². The van der Waals surface area contributed by atoms with Gasteiger partial charge >= 0.3 is 0 Å². The first-order valence-electron chi connectivity index (χ1n) is 6.30. The Kier molecular flexibility index (Phi) is 3.03. The minimum Gasteiger partial charge on any atom is -0.497 e. The molecule has 3 rings (SSSR count). The number of methoxy groups -OCH3 is 2. The fourth-order valence-corrected chi connectivity index (χ4v) is 2.48. The molecule has 0 heterocycles. The Hall–Kier alpha value is -2.55. The maximum atomic E-state index is 11.3. The molecule has 0 saturated heterocycles. The molecule has 0 aliphatic carbocycles. The second-order valence-corrected chi connectivity index (χ2v) is 4.59. The molecular formula is C17H14O3. The zero-order valence-corrected chi connectivity index (χ0v) is 11.3. The van der Waals surface area contributed by atoms with Crippen molar-refractivity contribution in [2.75, 3.05) is 14.2 Å². The van der Waals surface area contributed by atoms with Crippen LogP contribution in [-0.2, 0) is 0 Å². The summed E-state index contributed by atoms with van der Waals surface area (Å²) < 4.78 is 10.5. The molecule has 3 heteroatoms. The van der Waals surface area contributed by atoms with Gasteiger partial charge in [-0.15, -0.1) is 0 Å². The fraction of sp³-hybridized carbons (Fsp3) is 0.118. The first kappa shape index (κ1) is 12.5. The summed E-state index contributed by atoms with van der Waals surface area (Å²) >= 11 is 0. The van der Waals surface area contributed by atoms with E-state index in [9.17, 15) is 4.79 Å². The van der Waals surface area contributed by atoms with E-state index in [1.54, 1.807) is 14.2 Å². The van der Waals surface area contributed by atoms with Crippen molar-refractivity contribution in [2.45, 2.75) is 0 Å². The molecule has 0 saturated carbocycles. The third-order valence-electron chi connectivity index (χ3n) is 3.52. The van der Waals surface area contributed by atoms with Crippen molar-refractivity contribution in [3.05, 3.63) is 48.0 Å². The van der Waals surface area contributed by atoms with Crippen molar-refractivity contribution < 1.29 is 14.3 Å². The van der Waals surface area contributed by atoms with Gasteiger partial charge in [-0.3, -0.25) is 4.79 Å². The van der Waals surface area contributed by atoms with Crippen molar-refractivity contribution in [2.24, 2.45) is 0 Å². The van der Waals surface area contributed by atoms with E-state index in [-0.39, 0.29) is 0 Å². The van der Waals surface area contributed by atoms with Crippen LogP contribution in [0.3, 0.4) is 0 Å². The van der Waals surface area contributed by atoms with Crippen molar-refractivity contribution in [1.82, 2.24) is 0 Å². The van der Waals surface area contributed by atoms with E-state index in [1.807, 2.05) is 36.4 Å². The molecule has 3 aromatic carbocycles. The van der Waals surface area contributed by atoms with Crippen LogP contribution >= 0.6 is 0 Å². The third-order valence-corrected chi connectivity index (χ3v) is 3.52. The van der Waals surface area contributed by atoms with Crippen LogP contribution in [-0.4, -0.2) is 20.5 Å². The van der Waals surface area contributed by atoms with Gasteiger partial charge in [-0.2, -0.15) is 0 Å². The monoisotopic (exact) mass is 266 g/mol. The van der Waals surface area contributed by atoms with E-state index >= 15 is 0 Å². The van der Waals surface area contributed by atoms with Gasteiger partial charge in [0.1, 0.15) is 11.5 Å². The molecule has 0 spiro atoms. The van der Waals surface area contributed by atoms with E-state index in [4.69, 9.17) is 9.47 Å². The quantitative estimate of drug-likeness (QED) is 0.534. The average Bonchev–Trinajstić information content (AvgIpc) is 2.51. The van der Waals surface area contributed by atoms with Gasteiger partial charge < -0.3 is 9.47 Å². The zero-order valence-electron chi connectivity index (χ0n) is 11.3. The number of aldehydes is 1. The lowest BCUT2D eigenvalue weighted by atomic mass is 9.99. The normalized spacial score (nSPS) is 10.7. The lowest BCUT2D eigenvalue weighted by molar-refractivity contribution is 0.112. The zero-order chi connectivity index (χ0) is 14.1. The molecule has 100 valence electrons. The predicted molar refractivity (Wildman–Crippen MR) is 79.9 cm³/mol. The summed E-state index contributed by atoms with van der Waals surface area (Å²) in [5.74, 6) is 1.42. The molecule has 0 atom stereocenters. The number of fused-ring (bicyclic) bond motifs is 2. The minimum atomic E-state index is 0.586. The molecular weight excluding hydrogens is 252 g/mol. The Morgan fingerprint density at radius 3 is 2.35 bits per heavy atom. The highest BCUT2D eigenvalue weighted by Crippen LogP contribution is 2.31. The number of hydrogen-bond donors (Lipinski definition) is 0. The van der Waals surface area contributed by atoms with E-state index in [2.05, 4.69) is 6.07 Å². The molecule has 20 heavy (non-hydrogen) atoms. The Morgan fingerprint density at radius 2 is 1.65 bits per heavy atom. The van der Waals surface area contributed by atoms with E-state index in [0.29, 0.717) is 11.3 Å². The SMILES string of the molecule is COc1ccc2cc3c(C=O)c(OC)ccc3cc2c1. The average molecular weight is 266 g/mol. The lowest BCUT2D eigenvalue weighted by Crippen LogP contribution is -1.92. The van der Waals surface area contributed by atoms with Crippen LogP contribution in [0.5, 0.6) is 11.5 Å². The van der Waals surface area contributed by atoms with Gasteiger partial charge in [-0.1, -0.05) is 12.1 Å². The van der Waals surface area contributed by atoms with Crippen molar-refractivity contribution in [3.63, 3.8) is 0 Å². The number of carbonyl (C=O) groups excluding carboxylic acids is 1. The molecule has 0 radical (unpaired) electrons. The molecule has 3 aromatic rings. The maximum Gasteiger partial charge on any atom is 0.154 e. The Balaban J connectivity index is 2.37. The maximum absolute atomic E-state index is 11.3. The van der Waals surface area contributed by atoms with Gasteiger partial charge in [0.25, 0.3) is 0 Å². The van der Waals surface area contributed by atoms with Crippen LogP contribution in [0, 0.1) is 0 Å². The molecule has 0 N–H and O–H groups in total. The number of carbonyl (C=O) groups is 1. The standard InChI is InChI=1S/C17H14O3/c1-19-14-5-3-11-9-15-12(7-13(11)8-14)4-6-17(20-2)16(15)10-18/h3-10H,1-2H3. The van der Waals surface area contributed by atoms with Crippen LogP contribution in [0.2, 0.25) is 0 Å². The highest BCUT2D eigenvalue weighted by molar-refractivity contribution is 6.07. The predicted octanol–water partition coefficient (Wildman–Crippen LogP) is 3.82. The molecule has 0 unspecified atom stereocenters. The third kappa shape index (κ3) is 1.88. The summed E-state index contributed by atoms with van der Waals surface area (Å²) in [7, 11) is 3.22. The van der Waals surface area contributed by atoms with Crippen LogP contribution in [0.4, 0.5) is 0 Å². The molecule has 0 aromatic heterocycles. The van der Waals surface area contributed by atoms with Crippen molar-refractivity contribution >= 4 is 27.8 Å². The number of ether oxygens (including phenoxy) is 2. The summed E-state index contributed by atoms with van der Waals surface area (Å²) in [4.78, 5) is 11.3. The number of rotatable bonds is 3. The Labute approximate surface area is 116 Å². The van der Waals surface area contributed by atoms with Crippen LogP contribution in [0.25, 0.3) is 21.5 Å². The van der Waals surface area contributed by atoms with Crippen molar-refractivity contribution in [1.29, 1.82) is 0 Å². The summed E-state index contributed by atoms with van der Waals surface area (Å²) in [6.07, 6.45) is 0.844. The fourth-order valence-electron chi connectivity index (χ4n) is 2.48. The Bertz CT molecular complexity index is 806. The topological polar surface area (TPSA) is 35.5 Å².